The lowest BCUT2D eigenvalue weighted by molar-refractivity contribution is -0.122. The molecule has 2 aromatic rings. The molecule has 0 bridgehead atoms. The number of rotatable bonds is 4. The topological polar surface area (TPSA) is 70.1 Å². The molecule has 0 N–H and O–H groups in total. The third kappa shape index (κ3) is 4.23. The minimum absolute atomic E-state index is 0.0233. The first kappa shape index (κ1) is 23.6. The van der Waals surface area contributed by atoms with Crippen molar-refractivity contribution in [3.05, 3.63) is 81.9 Å². The number of para-hydroxylation sites is 1. The zero-order chi connectivity index (χ0) is 24.0. The summed E-state index contributed by atoms with van der Waals surface area (Å²) in [5.74, 6) is -0.264. The average molecular weight is 502 g/mol. The third-order valence-corrected chi connectivity index (χ3v) is 8.52. The highest BCUT2D eigenvalue weighted by Crippen LogP contribution is 2.46. The first-order chi connectivity index (χ1) is 15.6. The van der Waals surface area contributed by atoms with Gasteiger partial charge in [-0.15, -0.1) is 4.40 Å². The molecule has 2 heterocycles. The lowest BCUT2D eigenvalue weighted by Crippen LogP contribution is -2.29. The van der Waals surface area contributed by atoms with Gasteiger partial charge >= 0.3 is 0 Å². The maximum absolute atomic E-state index is 13.0. The van der Waals surface area contributed by atoms with Crippen LogP contribution in [0.4, 0.5) is 5.69 Å². The van der Waals surface area contributed by atoms with Gasteiger partial charge in [0, 0.05) is 35.4 Å². The summed E-state index contributed by atoms with van der Waals surface area (Å²) in [6.07, 6.45) is 3.69. The smallest absolute Gasteiger partial charge is 0.284 e. The number of amides is 1. The molecular weight excluding hydrogens is 478 g/mol. The molecule has 6 nitrogen and oxygen atoms in total. The Balaban J connectivity index is 1.68. The first-order valence-electron chi connectivity index (χ1n) is 10.4. The highest BCUT2D eigenvalue weighted by atomic mass is 35.5. The summed E-state index contributed by atoms with van der Waals surface area (Å²) in [5.41, 5.74) is 3.17. The first-order valence-corrected chi connectivity index (χ1v) is 13.1. The van der Waals surface area contributed by atoms with Gasteiger partial charge in [0.2, 0.25) is 0 Å². The van der Waals surface area contributed by atoms with E-state index in [1.54, 1.807) is 13.0 Å². The number of benzene rings is 2. The fourth-order valence-electron chi connectivity index (χ4n) is 4.09. The number of hydrogen-bond donors (Lipinski definition) is 0. The summed E-state index contributed by atoms with van der Waals surface area (Å²) in [6, 6.07) is 14.0. The normalized spacial score (nSPS) is 21.5. The molecule has 0 unspecified atom stereocenters. The minimum atomic E-state index is -3.98. The van der Waals surface area contributed by atoms with Gasteiger partial charge in [-0.25, -0.2) is 0 Å². The predicted octanol–water partition coefficient (Wildman–Crippen LogP) is 5.18. The van der Waals surface area contributed by atoms with Crippen LogP contribution in [-0.4, -0.2) is 38.0 Å². The van der Waals surface area contributed by atoms with Crippen molar-refractivity contribution in [1.29, 1.82) is 0 Å². The lowest BCUT2D eigenvalue weighted by atomic mass is 9.84. The number of carbonyl (C=O) groups is 1. The summed E-state index contributed by atoms with van der Waals surface area (Å²) in [5, 5.41) is 0.576. The number of carbonyl (C=O) groups excluding carboxylic acids is 1. The number of nitrogens with zero attached hydrogens (tertiary/aromatic N) is 3. The molecule has 1 amide bonds. The number of likely N-dealkylation sites (N-methyl/N-ethyl adjacent to an activating group) is 2. The monoisotopic (exact) mass is 501 g/mol. The van der Waals surface area contributed by atoms with E-state index in [1.807, 2.05) is 25.3 Å². The average Bonchev–Trinajstić information content (AvgIpc) is 3.16. The number of sulfonamides is 1. The van der Waals surface area contributed by atoms with Crippen LogP contribution >= 0.6 is 23.4 Å². The van der Waals surface area contributed by atoms with Gasteiger partial charge in [0.25, 0.3) is 15.9 Å². The quantitative estimate of drug-likeness (QED) is 0.540. The standard InChI is InChI=1S/C24H24ClN3O3S2/c1-5-28-22(29)20(32-23(28)26-33(30,31)17-12-10-16(25)11-13-17)14-15-21-24(2,3)18-8-6-7-9-19(18)27(21)4/h6-15H,5H2,1-4H3/b20-14-,21-15+,26-23?. The predicted molar refractivity (Wildman–Crippen MR) is 135 cm³/mol. The highest BCUT2D eigenvalue weighted by Gasteiger charge is 2.38. The molecule has 1 saturated heterocycles. The van der Waals surface area contributed by atoms with Gasteiger partial charge in [-0.1, -0.05) is 43.6 Å². The Hall–Kier alpha value is -2.55. The van der Waals surface area contributed by atoms with E-state index in [0.29, 0.717) is 16.5 Å². The number of amidine groups is 1. The van der Waals surface area contributed by atoms with Crippen LogP contribution in [0.3, 0.4) is 0 Å². The van der Waals surface area contributed by atoms with E-state index in [0.717, 1.165) is 23.1 Å². The molecule has 0 saturated carbocycles. The number of hydrogen-bond acceptors (Lipinski definition) is 5. The molecular formula is C24H24ClN3O3S2. The summed E-state index contributed by atoms with van der Waals surface area (Å²) >= 11 is 6.92. The zero-order valence-electron chi connectivity index (χ0n) is 18.7. The van der Waals surface area contributed by atoms with Crippen LogP contribution in [0, 0.1) is 0 Å². The van der Waals surface area contributed by atoms with Crippen LogP contribution in [0.15, 0.2) is 80.6 Å². The summed E-state index contributed by atoms with van der Waals surface area (Å²) in [7, 11) is -1.98. The van der Waals surface area contributed by atoms with Crippen molar-refractivity contribution in [1.82, 2.24) is 4.90 Å². The van der Waals surface area contributed by atoms with E-state index in [9.17, 15) is 13.2 Å². The van der Waals surface area contributed by atoms with Crippen LogP contribution in [-0.2, 0) is 20.2 Å². The largest absolute Gasteiger partial charge is 0.347 e. The Kier molecular flexibility index (Phi) is 6.20. The molecule has 33 heavy (non-hydrogen) atoms. The molecule has 0 atom stereocenters. The Bertz CT molecular complexity index is 1310. The van der Waals surface area contributed by atoms with Gasteiger partial charge in [0.1, 0.15) is 0 Å². The minimum Gasteiger partial charge on any atom is -0.347 e. The number of fused-ring (bicyclic) bond motifs is 1. The van der Waals surface area contributed by atoms with Crippen molar-refractivity contribution >= 4 is 50.1 Å². The van der Waals surface area contributed by atoms with Gasteiger partial charge in [-0.05, 0) is 66.7 Å². The van der Waals surface area contributed by atoms with Crippen LogP contribution in [0.5, 0.6) is 0 Å². The van der Waals surface area contributed by atoms with Crippen molar-refractivity contribution in [2.24, 2.45) is 4.40 Å². The molecule has 0 radical (unpaired) electrons. The fraction of sp³-hybridized carbons (Fsp3) is 0.250. The van der Waals surface area contributed by atoms with E-state index >= 15 is 0 Å². The molecule has 172 valence electrons. The summed E-state index contributed by atoms with van der Waals surface area (Å²) in [4.78, 5) is 16.9. The SMILES string of the molecule is CCN1C(=O)/C(=C/C=C2/N(C)c3ccccc3C2(C)C)SC1=NS(=O)(=O)c1ccc(Cl)cc1. The Morgan fingerprint density at radius 1 is 1.09 bits per heavy atom. The van der Waals surface area contributed by atoms with Gasteiger partial charge < -0.3 is 4.90 Å². The van der Waals surface area contributed by atoms with Crippen molar-refractivity contribution < 1.29 is 13.2 Å². The van der Waals surface area contributed by atoms with E-state index in [1.165, 1.54) is 34.7 Å². The summed E-state index contributed by atoms with van der Waals surface area (Å²) in [6.45, 7) is 6.39. The number of anilines is 1. The molecule has 9 heteroatoms. The van der Waals surface area contributed by atoms with Crippen LogP contribution in [0.2, 0.25) is 5.02 Å². The molecule has 0 aliphatic carbocycles. The van der Waals surface area contributed by atoms with Gasteiger partial charge in [0.15, 0.2) is 5.17 Å². The second-order valence-electron chi connectivity index (χ2n) is 8.24. The Morgan fingerprint density at radius 3 is 2.39 bits per heavy atom. The number of thioether (sulfide) groups is 1. The summed E-state index contributed by atoms with van der Waals surface area (Å²) < 4.78 is 29.5. The third-order valence-electron chi connectivity index (χ3n) is 5.85. The van der Waals surface area contributed by atoms with Crippen molar-refractivity contribution in [3.63, 3.8) is 0 Å². The second kappa shape index (κ2) is 8.66. The molecule has 2 aliphatic heterocycles. The number of allylic oxidation sites excluding steroid dienone is 3. The van der Waals surface area contributed by atoms with Crippen molar-refractivity contribution in [2.45, 2.75) is 31.1 Å². The molecule has 1 fully saturated rings. The van der Waals surface area contributed by atoms with E-state index in [4.69, 9.17) is 11.6 Å². The van der Waals surface area contributed by atoms with Crippen molar-refractivity contribution in [2.75, 3.05) is 18.5 Å². The molecule has 2 aliphatic rings. The van der Waals surface area contributed by atoms with Crippen LogP contribution in [0.1, 0.15) is 26.3 Å². The zero-order valence-corrected chi connectivity index (χ0v) is 21.1. The van der Waals surface area contributed by atoms with E-state index in [2.05, 4.69) is 35.3 Å². The van der Waals surface area contributed by atoms with E-state index < -0.39 is 10.0 Å². The lowest BCUT2D eigenvalue weighted by Gasteiger charge is -2.23. The Labute approximate surface area is 203 Å². The maximum atomic E-state index is 13.0. The Morgan fingerprint density at radius 2 is 1.76 bits per heavy atom. The fourth-order valence-corrected chi connectivity index (χ4v) is 6.40. The molecule has 2 aromatic carbocycles. The highest BCUT2D eigenvalue weighted by molar-refractivity contribution is 8.19. The number of halogens is 1. The maximum Gasteiger partial charge on any atom is 0.284 e. The van der Waals surface area contributed by atoms with E-state index in [-0.39, 0.29) is 21.4 Å². The van der Waals surface area contributed by atoms with Crippen molar-refractivity contribution in [3.8, 4) is 0 Å². The molecule has 4 rings (SSSR count). The second-order valence-corrected chi connectivity index (χ2v) is 11.3. The van der Waals surface area contributed by atoms with Gasteiger partial charge in [-0.2, -0.15) is 8.42 Å². The molecule has 0 aromatic heterocycles. The van der Waals surface area contributed by atoms with Gasteiger partial charge in [-0.3, -0.25) is 9.69 Å². The molecule has 0 spiro atoms. The van der Waals surface area contributed by atoms with Crippen LogP contribution in [0.25, 0.3) is 0 Å². The van der Waals surface area contributed by atoms with Gasteiger partial charge in [0.05, 0.1) is 9.80 Å². The van der Waals surface area contributed by atoms with Crippen LogP contribution < -0.4 is 4.90 Å².